The molecule has 0 saturated carbocycles. The van der Waals surface area contributed by atoms with E-state index in [-0.39, 0.29) is 5.91 Å². The van der Waals surface area contributed by atoms with Gasteiger partial charge < -0.3 is 29.7 Å². The molecule has 8 heteroatoms. The highest BCUT2D eigenvalue weighted by atomic mass is 32.1. The summed E-state index contributed by atoms with van der Waals surface area (Å²) < 4.78 is 16.1. The average Bonchev–Trinajstić information content (AvgIpc) is 3.17. The Labute approximate surface area is 175 Å². The Bertz CT molecular complexity index is 861. The molecule has 0 radical (unpaired) electrons. The number of anilines is 2. The fraction of sp³-hybridized carbons (Fsp3) is 0.333. The maximum Gasteiger partial charge on any atom is 0.227 e. The number of carbonyl (C=O) groups is 1. The van der Waals surface area contributed by atoms with Crippen molar-refractivity contribution in [2.24, 2.45) is 0 Å². The van der Waals surface area contributed by atoms with Crippen molar-refractivity contribution >= 4 is 34.6 Å². The van der Waals surface area contributed by atoms with E-state index in [0.29, 0.717) is 35.3 Å². The van der Waals surface area contributed by atoms with E-state index in [9.17, 15) is 4.79 Å². The number of hydrogen-bond donors (Lipinski definition) is 2. The van der Waals surface area contributed by atoms with Gasteiger partial charge in [-0.25, -0.2) is 0 Å². The summed E-state index contributed by atoms with van der Waals surface area (Å²) in [6, 6.07) is 11.4. The number of thiocarbonyl (C=S) groups is 1. The zero-order chi connectivity index (χ0) is 20.8. The standard InChI is InChI=1S/C21H25N3O4S/c1-26-17-11-14(12-18(27-2)20(17)28-3)13-22-21(29)23-15-6-8-16(9-7-15)24-10-4-5-19(24)25/h6-9,11-12H,4-5,10,13H2,1-3H3,(H2,22,23,29). The highest BCUT2D eigenvalue weighted by Gasteiger charge is 2.21. The molecule has 0 aromatic heterocycles. The van der Waals surface area contributed by atoms with E-state index in [1.54, 1.807) is 21.3 Å². The van der Waals surface area contributed by atoms with Gasteiger partial charge in [0.05, 0.1) is 21.3 Å². The number of carbonyl (C=O) groups excluding carboxylic acids is 1. The molecule has 0 atom stereocenters. The quantitative estimate of drug-likeness (QED) is 0.672. The van der Waals surface area contributed by atoms with E-state index in [1.807, 2.05) is 41.3 Å². The number of rotatable bonds is 7. The summed E-state index contributed by atoms with van der Waals surface area (Å²) in [6.45, 7) is 1.27. The Kier molecular flexibility index (Phi) is 6.77. The SMILES string of the molecule is COc1cc(CNC(=S)Nc2ccc(N3CCCC3=O)cc2)cc(OC)c1OC. The summed E-state index contributed by atoms with van der Waals surface area (Å²) in [4.78, 5) is 13.7. The van der Waals surface area contributed by atoms with Gasteiger partial charge in [-0.3, -0.25) is 4.79 Å². The van der Waals surface area contributed by atoms with Gasteiger partial charge in [-0.05, 0) is 60.6 Å². The third-order valence-corrected chi connectivity index (χ3v) is 4.93. The van der Waals surface area contributed by atoms with Gasteiger partial charge in [0.15, 0.2) is 16.6 Å². The molecule has 3 rings (SSSR count). The molecule has 2 aromatic rings. The van der Waals surface area contributed by atoms with Crippen LogP contribution in [-0.2, 0) is 11.3 Å². The Morgan fingerprint density at radius 1 is 1.07 bits per heavy atom. The van der Waals surface area contributed by atoms with Gasteiger partial charge >= 0.3 is 0 Å². The lowest BCUT2D eigenvalue weighted by Crippen LogP contribution is -2.28. The molecule has 0 bridgehead atoms. The van der Waals surface area contributed by atoms with Crippen molar-refractivity contribution in [2.75, 3.05) is 38.1 Å². The van der Waals surface area contributed by atoms with Gasteiger partial charge in [0.2, 0.25) is 11.7 Å². The number of nitrogens with zero attached hydrogens (tertiary/aromatic N) is 1. The monoisotopic (exact) mass is 415 g/mol. The van der Waals surface area contributed by atoms with Gasteiger partial charge in [-0.15, -0.1) is 0 Å². The first-order valence-electron chi connectivity index (χ1n) is 9.30. The highest BCUT2D eigenvalue weighted by molar-refractivity contribution is 7.80. The average molecular weight is 416 g/mol. The zero-order valence-electron chi connectivity index (χ0n) is 16.8. The van der Waals surface area contributed by atoms with E-state index in [2.05, 4.69) is 10.6 Å². The Hall–Kier alpha value is -3.00. The van der Waals surface area contributed by atoms with Crippen LogP contribution in [0.5, 0.6) is 17.2 Å². The Morgan fingerprint density at radius 3 is 2.24 bits per heavy atom. The van der Waals surface area contributed by atoms with E-state index in [0.717, 1.165) is 29.9 Å². The Morgan fingerprint density at radius 2 is 1.72 bits per heavy atom. The third kappa shape index (κ3) is 4.89. The maximum absolute atomic E-state index is 11.8. The number of hydrogen-bond acceptors (Lipinski definition) is 5. The number of benzene rings is 2. The van der Waals surface area contributed by atoms with Gasteiger partial charge in [0, 0.05) is 30.9 Å². The molecule has 2 N–H and O–H groups in total. The normalized spacial score (nSPS) is 13.2. The molecule has 7 nitrogen and oxygen atoms in total. The molecule has 0 aliphatic carbocycles. The molecule has 2 aromatic carbocycles. The van der Waals surface area contributed by atoms with Gasteiger partial charge in [0.1, 0.15) is 0 Å². The van der Waals surface area contributed by atoms with Crippen LogP contribution in [0.2, 0.25) is 0 Å². The predicted molar refractivity (Wildman–Crippen MR) is 117 cm³/mol. The van der Waals surface area contributed by atoms with Crippen molar-refractivity contribution in [1.82, 2.24) is 5.32 Å². The fourth-order valence-corrected chi connectivity index (χ4v) is 3.43. The van der Waals surface area contributed by atoms with Crippen LogP contribution in [-0.4, -0.2) is 38.9 Å². The molecule has 154 valence electrons. The summed E-state index contributed by atoms with van der Waals surface area (Å²) >= 11 is 5.39. The minimum Gasteiger partial charge on any atom is -0.493 e. The lowest BCUT2D eigenvalue weighted by Gasteiger charge is -2.17. The number of ether oxygens (including phenoxy) is 3. The van der Waals surface area contributed by atoms with Gasteiger partial charge in [-0.2, -0.15) is 0 Å². The summed E-state index contributed by atoms with van der Waals surface area (Å²) in [5.74, 6) is 1.91. The second kappa shape index (κ2) is 9.47. The predicted octanol–water partition coefficient (Wildman–Crippen LogP) is 3.33. The second-order valence-electron chi connectivity index (χ2n) is 6.54. The van der Waals surface area contributed by atoms with E-state index in [1.165, 1.54) is 0 Å². The van der Waals surface area contributed by atoms with Crippen LogP contribution in [0.4, 0.5) is 11.4 Å². The molecule has 1 heterocycles. The van der Waals surface area contributed by atoms with E-state index >= 15 is 0 Å². The van der Waals surface area contributed by atoms with Crippen LogP contribution in [0.15, 0.2) is 36.4 Å². The summed E-state index contributed by atoms with van der Waals surface area (Å²) in [5.41, 5.74) is 2.70. The maximum atomic E-state index is 11.8. The minimum atomic E-state index is 0.174. The molecule has 1 aliphatic rings. The van der Waals surface area contributed by atoms with E-state index in [4.69, 9.17) is 26.4 Å². The van der Waals surface area contributed by atoms with Crippen molar-refractivity contribution in [3.8, 4) is 17.2 Å². The fourth-order valence-electron chi connectivity index (χ4n) is 3.24. The zero-order valence-corrected chi connectivity index (χ0v) is 17.6. The van der Waals surface area contributed by atoms with Gasteiger partial charge in [-0.1, -0.05) is 0 Å². The highest BCUT2D eigenvalue weighted by Crippen LogP contribution is 2.38. The first-order valence-corrected chi connectivity index (χ1v) is 9.70. The third-order valence-electron chi connectivity index (χ3n) is 4.69. The van der Waals surface area contributed by atoms with Gasteiger partial charge in [0.25, 0.3) is 0 Å². The van der Waals surface area contributed by atoms with Crippen molar-refractivity contribution in [2.45, 2.75) is 19.4 Å². The van der Waals surface area contributed by atoms with Crippen LogP contribution in [0, 0.1) is 0 Å². The molecule has 0 spiro atoms. The molecule has 1 fully saturated rings. The van der Waals surface area contributed by atoms with Crippen LogP contribution in [0.25, 0.3) is 0 Å². The molecule has 1 amide bonds. The van der Waals surface area contributed by atoms with Crippen LogP contribution in [0.1, 0.15) is 18.4 Å². The molecule has 0 unspecified atom stereocenters. The van der Waals surface area contributed by atoms with Crippen molar-refractivity contribution in [3.05, 3.63) is 42.0 Å². The molecule has 1 aliphatic heterocycles. The summed E-state index contributed by atoms with van der Waals surface area (Å²) in [5, 5.41) is 6.81. The van der Waals surface area contributed by atoms with Crippen molar-refractivity contribution in [1.29, 1.82) is 0 Å². The smallest absolute Gasteiger partial charge is 0.227 e. The number of amides is 1. The van der Waals surface area contributed by atoms with Crippen LogP contribution in [0.3, 0.4) is 0 Å². The largest absolute Gasteiger partial charge is 0.493 e. The first-order chi connectivity index (χ1) is 14.0. The lowest BCUT2D eigenvalue weighted by molar-refractivity contribution is -0.117. The second-order valence-corrected chi connectivity index (χ2v) is 6.95. The van der Waals surface area contributed by atoms with E-state index < -0.39 is 0 Å². The van der Waals surface area contributed by atoms with Crippen LogP contribution >= 0.6 is 12.2 Å². The molecule has 1 saturated heterocycles. The topological polar surface area (TPSA) is 72.1 Å². The van der Waals surface area contributed by atoms with Crippen LogP contribution < -0.4 is 29.7 Å². The summed E-state index contributed by atoms with van der Waals surface area (Å²) in [6.07, 6.45) is 1.53. The van der Waals surface area contributed by atoms with Crippen molar-refractivity contribution < 1.29 is 19.0 Å². The first kappa shape index (κ1) is 20.7. The Balaban J connectivity index is 1.59. The molecule has 29 heavy (non-hydrogen) atoms. The lowest BCUT2D eigenvalue weighted by atomic mass is 10.2. The van der Waals surface area contributed by atoms with Crippen molar-refractivity contribution in [3.63, 3.8) is 0 Å². The number of nitrogens with one attached hydrogen (secondary N) is 2. The molecular weight excluding hydrogens is 390 g/mol. The molecular formula is C21H25N3O4S. The number of methoxy groups -OCH3 is 3. The minimum absolute atomic E-state index is 0.174. The summed E-state index contributed by atoms with van der Waals surface area (Å²) in [7, 11) is 4.74.